The van der Waals surface area contributed by atoms with Crippen LogP contribution in [0.4, 0.5) is 22.7 Å². The highest BCUT2D eigenvalue weighted by Crippen LogP contribution is 2.54. The first-order valence-corrected chi connectivity index (χ1v) is 25.0. The van der Waals surface area contributed by atoms with Gasteiger partial charge in [0.2, 0.25) is 0 Å². The molecule has 352 valence electrons. The molecule has 1 aliphatic heterocycles. The SMILES string of the molecule is CC(C)(C)c1cc(N2CN(c3cccc(Oc4ccc5c6ccccc6n(-c6cc(C(C)(C)C)ccn6)c5c4)c3)c3cccc(-c4c(-c5ccccc5)cccc4-c4ccccc4)c32)cc(C(C)(C)C)c1. The van der Waals surface area contributed by atoms with Gasteiger partial charge in [0.1, 0.15) is 24.0 Å². The summed E-state index contributed by atoms with van der Waals surface area (Å²) in [5.41, 5.74) is 17.6. The van der Waals surface area contributed by atoms with Gasteiger partial charge >= 0.3 is 0 Å². The van der Waals surface area contributed by atoms with E-state index in [1.807, 2.05) is 6.20 Å². The van der Waals surface area contributed by atoms with Crippen molar-refractivity contribution in [3.8, 4) is 50.7 Å². The molecule has 0 saturated carbocycles. The van der Waals surface area contributed by atoms with Gasteiger partial charge in [-0.2, -0.15) is 0 Å². The van der Waals surface area contributed by atoms with Crippen molar-refractivity contribution in [1.29, 1.82) is 0 Å². The number of fused-ring (bicyclic) bond motifs is 4. The average molecular weight is 927 g/mol. The second kappa shape index (κ2) is 17.5. The van der Waals surface area contributed by atoms with Crippen LogP contribution in [0.15, 0.2) is 200 Å². The van der Waals surface area contributed by atoms with Gasteiger partial charge < -0.3 is 14.5 Å². The molecule has 0 atom stereocenters. The first-order valence-electron chi connectivity index (χ1n) is 25.0. The number of benzene rings is 8. The normalized spacial score (nSPS) is 13.0. The fourth-order valence-corrected chi connectivity index (χ4v) is 10.3. The highest BCUT2D eigenvalue weighted by Gasteiger charge is 2.34. The van der Waals surface area contributed by atoms with Crippen LogP contribution in [0.25, 0.3) is 61.0 Å². The number of ether oxygens (including phenoxy) is 1. The molecule has 0 unspecified atom stereocenters. The summed E-state index contributed by atoms with van der Waals surface area (Å²) in [6.45, 7) is 21.3. The zero-order valence-electron chi connectivity index (χ0n) is 42.5. The Kier molecular flexibility index (Phi) is 11.2. The molecule has 3 heterocycles. The summed E-state index contributed by atoms with van der Waals surface area (Å²) in [6.07, 6.45) is 1.93. The highest BCUT2D eigenvalue weighted by molar-refractivity contribution is 6.09. The monoisotopic (exact) mass is 926 g/mol. The summed E-state index contributed by atoms with van der Waals surface area (Å²) >= 11 is 0. The Labute approximate surface area is 419 Å². The van der Waals surface area contributed by atoms with E-state index in [4.69, 9.17) is 9.72 Å². The summed E-state index contributed by atoms with van der Waals surface area (Å²) < 4.78 is 9.18. The number of pyridine rings is 1. The molecule has 2 aromatic heterocycles. The van der Waals surface area contributed by atoms with Gasteiger partial charge in [0.05, 0.1) is 22.4 Å². The van der Waals surface area contributed by atoms with Crippen LogP contribution in [-0.2, 0) is 16.2 Å². The van der Waals surface area contributed by atoms with Gasteiger partial charge in [-0.1, -0.05) is 184 Å². The number of aromatic nitrogens is 2. The van der Waals surface area contributed by atoms with Crippen LogP contribution in [0.5, 0.6) is 11.5 Å². The number of hydrogen-bond donors (Lipinski definition) is 0. The summed E-state index contributed by atoms with van der Waals surface area (Å²) in [5, 5.41) is 2.34. The molecule has 0 bridgehead atoms. The predicted molar refractivity (Wildman–Crippen MR) is 300 cm³/mol. The van der Waals surface area contributed by atoms with E-state index in [-0.39, 0.29) is 16.2 Å². The molecule has 0 amide bonds. The maximum Gasteiger partial charge on any atom is 0.137 e. The Morgan fingerprint density at radius 2 is 1.00 bits per heavy atom. The Morgan fingerprint density at radius 3 is 1.66 bits per heavy atom. The molecule has 11 rings (SSSR count). The van der Waals surface area contributed by atoms with Gasteiger partial charge in [0, 0.05) is 46.0 Å². The van der Waals surface area contributed by atoms with Crippen LogP contribution in [0.3, 0.4) is 0 Å². The maximum atomic E-state index is 6.91. The molecule has 1 aliphatic rings. The zero-order chi connectivity index (χ0) is 49.2. The fourth-order valence-electron chi connectivity index (χ4n) is 10.3. The molecule has 0 radical (unpaired) electrons. The van der Waals surface area contributed by atoms with E-state index < -0.39 is 0 Å². The third kappa shape index (κ3) is 8.54. The van der Waals surface area contributed by atoms with Crippen molar-refractivity contribution in [2.24, 2.45) is 0 Å². The third-order valence-corrected chi connectivity index (χ3v) is 14.2. The van der Waals surface area contributed by atoms with Crippen molar-refractivity contribution in [2.75, 3.05) is 16.5 Å². The molecule has 5 nitrogen and oxygen atoms in total. The van der Waals surface area contributed by atoms with Crippen LogP contribution in [0.1, 0.15) is 79.0 Å². The van der Waals surface area contributed by atoms with Gasteiger partial charge in [0.15, 0.2) is 0 Å². The maximum absolute atomic E-state index is 6.91. The topological polar surface area (TPSA) is 33.5 Å². The van der Waals surface area contributed by atoms with Crippen molar-refractivity contribution in [3.63, 3.8) is 0 Å². The molecular weight excluding hydrogens is 865 g/mol. The predicted octanol–water partition coefficient (Wildman–Crippen LogP) is 18.1. The molecular formula is C66H62N4O. The lowest BCUT2D eigenvalue weighted by Gasteiger charge is -2.30. The highest BCUT2D eigenvalue weighted by atomic mass is 16.5. The first kappa shape index (κ1) is 45.5. The zero-order valence-corrected chi connectivity index (χ0v) is 42.5. The van der Waals surface area contributed by atoms with E-state index in [9.17, 15) is 0 Å². The Bertz CT molecular complexity index is 3510. The van der Waals surface area contributed by atoms with Crippen molar-refractivity contribution in [3.05, 3.63) is 217 Å². The second-order valence-electron chi connectivity index (χ2n) is 22.2. The minimum absolute atomic E-state index is 0.0201. The van der Waals surface area contributed by atoms with E-state index in [1.54, 1.807) is 0 Å². The Morgan fingerprint density at radius 1 is 0.423 bits per heavy atom. The van der Waals surface area contributed by atoms with Crippen molar-refractivity contribution in [1.82, 2.24) is 9.55 Å². The van der Waals surface area contributed by atoms with Crippen LogP contribution in [0.2, 0.25) is 0 Å². The lowest BCUT2D eigenvalue weighted by molar-refractivity contribution is 0.483. The molecule has 8 aromatic carbocycles. The van der Waals surface area contributed by atoms with Crippen LogP contribution in [-0.4, -0.2) is 16.2 Å². The molecule has 0 fully saturated rings. The molecule has 5 heteroatoms. The third-order valence-electron chi connectivity index (χ3n) is 14.2. The summed E-state index contributed by atoms with van der Waals surface area (Å²) in [5.74, 6) is 2.42. The Hall–Kier alpha value is -7.89. The van der Waals surface area contributed by atoms with Gasteiger partial charge in [-0.05, 0) is 121 Å². The van der Waals surface area contributed by atoms with Crippen LogP contribution in [0, 0.1) is 0 Å². The Balaban J connectivity index is 1.07. The largest absolute Gasteiger partial charge is 0.457 e. The quantitative estimate of drug-likeness (QED) is 0.152. The minimum atomic E-state index is -0.0613. The number of para-hydroxylation sites is 2. The standard InChI is InChI=1S/C66H62N4O/c1-64(2,3)46-35-36-67-61(40-46)70-58-31-17-16-27-55(58)56-34-33-52(42-60(56)70)71-51-26-18-25-49(41-51)68-43-69(50-38-47(65(4,5)6)37-48(39-50)66(7,8)9)63-57(30-20-32-59(63)68)62-53(44-21-12-10-13-22-44)28-19-29-54(62)45-23-14-11-15-24-45/h10-42H,43H2,1-9H3. The minimum Gasteiger partial charge on any atom is -0.457 e. The molecule has 0 saturated heterocycles. The smallest absolute Gasteiger partial charge is 0.137 e. The van der Waals surface area contributed by atoms with Gasteiger partial charge in [-0.25, -0.2) is 4.98 Å². The van der Waals surface area contributed by atoms with Crippen LogP contribution < -0.4 is 14.5 Å². The van der Waals surface area contributed by atoms with Crippen LogP contribution >= 0.6 is 0 Å². The van der Waals surface area contributed by atoms with Crippen molar-refractivity contribution in [2.45, 2.75) is 78.6 Å². The first-order chi connectivity index (χ1) is 34.1. The molecule has 10 aromatic rings. The van der Waals surface area contributed by atoms with E-state index >= 15 is 0 Å². The molecule has 71 heavy (non-hydrogen) atoms. The lowest BCUT2D eigenvalue weighted by atomic mass is 9.80. The van der Waals surface area contributed by atoms with Gasteiger partial charge in [-0.15, -0.1) is 0 Å². The second-order valence-corrected chi connectivity index (χ2v) is 22.2. The molecule has 0 spiro atoms. The number of rotatable bonds is 8. The number of hydrogen-bond acceptors (Lipinski definition) is 4. The van der Waals surface area contributed by atoms with E-state index in [0.717, 1.165) is 45.1 Å². The van der Waals surface area contributed by atoms with E-state index in [2.05, 4.69) is 271 Å². The summed E-state index contributed by atoms with van der Waals surface area (Å²) in [4.78, 5) is 9.93. The number of anilines is 4. The average Bonchev–Trinajstić information content (AvgIpc) is 3.92. The van der Waals surface area contributed by atoms with E-state index in [0.29, 0.717) is 6.67 Å². The summed E-state index contributed by atoms with van der Waals surface area (Å²) in [6, 6.07) is 70.5. The van der Waals surface area contributed by atoms with Gasteiger partial charge in [-0.3, -0.25) is 4.57 Å². The fraction of sp³-hybridized carbons (Fsp3) is 0.197. The van der Waals surface area contributed by atoms with Crippen molar-refractivity contribution < 1.29 is 4.74 Å². The van der Waals surface area contributed by atoms with Gasteiger partial charge in [0.25, 0.3) is 0 Å². The molecule has 0 N–H and O–H groups in total. The lowest BCUT2D eigenvalue weighted by Crippen LogP contribution is -2.25. The molecule has 0 aliphatic carbocycles. The summed E-state index contributed by atoms with van der Waals surface area (Å²) in [7, 11) is 0. The number of nitrogens with zero attached hydrogens (tertiary/aromatic N) is 4. The van der Waals surface area contributed by atoms with E-state index in [1.165, 1.54) is 66.8 Å². The van der Waals surface area contributed by atoms with Crippen molar-refractivity contribution >= 4 is 44.6 Å².